The van der Waals surface area contributed by atoms with Gasteiger partial charge in [-0.05, 0) is 45.0 Å². The number of nitrogens with zero attached hydrogens (tertiary/aromatic N) is 1. The number of para-hydroxylation sites is 1. The maximum absolute atomic E-state index is 13.0. The van der Waals surface area contributed by atoms with Gasteiger partial charge in [-0.15, -0.1) is 0 Å². The van der Waals surface area contributed by atoms with Crippen LogP contribution in [0.25, 0.3) is 0 Å². The molecule has 1 heterocycles. The van der Waals surface area contributed by atoms with Gasteiger partial charge in [-0.2, -0.15) is 0 Å². The zero-order valence-corrected chi connectivity index (χ0v) is 12.9. The minimum atomic E-state index is -1.10. The Labute approximate surface area is 129 Å². The van der Waals surface area contributed by atoms with E-state index in [1.807, 2.05) is 49.4 Å². The maximum Gasteiger partial charge on any atom is 0.262 e. The number of carbonyl (C=O) groups is 2. The minimum absolute atomic E-state index is 0.115. The van der Waals surface area contributed by atoms with Crippen molar-refractivity contribution in [2.24, 2.45) is 0 Å². The van der Waals surface area contributed by atoms with Crippen molar-refractivity contribution in [1.82, 2.24) is 0 Å². The van der Waals surface area contributed by atoms with Gasteiger partial charge in [0.25, 0.3) is 5.91 Å². The first-order valence-electron chi connectivity index (χ1n) is 7.23. The smallest absolute Gasteiger partial charge is 0.262 e. The van der Waals surface area contributed by atoms with Crippen molar-refractivity contribution >= 4 is 23.1 Å². The lowest BCUT2D eigenvalue weighted by Gasteiger charge is -2.44. The van der Waals surface area contributed by atoms with Crippen molar-refractivity contribution < 1.29 is 9.59 Å². The first kappa shape index (κ1) is 14.3. The van der Waals surface area contributed by atoms with Crippen LogP contribution in [0.5, 0.6) is 0 Å². The first-order chi connectivity index (χ1) is 10.4. The second-order valence-electron chi connectivity index (χ2n) is 5.78. The summed E-state index contributed by atoms with van der Waals surface area (Å²) in [5, 5.41) is 3.22. The van der Waals surface area contributed by atoms with Crippen molar-refractivity contribution in [3.63, 3.8) is 0 Å². The molecule has 1 unspecified atom stereocenters. The second kappa shape index (κ2) is 4.98. The van der Waals surface area contributed by atoms with Crippen LogP contribution >= 0.6 is 0 Å². The Morgan fingerprint density at radius 3 is 2.36 bits per heavy atom. The number of benzene rings is 2. The number of anilines is 2. The van der Waals surface area contributed by atoms with Crippen LogP contribution < -0.4 is 10.2 Å². The van der Waals surface area contributed by atoms with Crippen LogP contribution in [0.4, 0.5) is 11.4 Å². The summed E-state index contributed by atoms with van der Waals surface area (Å²) < 4.78 is 0. The number of hydrogen-bond donors (Lipinski definition) is 1. The van der Waals surface area contributed by atoms with Gasteiger partial charge in [-0.25, -0.2) is 0 Å². The highest BCUT2D eigenvalue weighted by Gasteiger charge is 2.45. The number of ketones is 1. The van der Waals surface area contributed by atoms with Crippen LogP contribution in [0, 0.1) is 6.92 Å². The quantitative estimate of drug-likeness (QED) is 0.924. The third-order valence-electron chi connectivity index (χ3n) is 4.16. The summed E-state index contributed by atoms with van der Waals surface area (Å²) in [7, 11) is 0. The Morgan fingerprint density at radius 1 is 1.09 bits per heavy atom. The fourth-order valence-corrected chi connectivity index (χ4v) is 2.74. The molecule has 4 heteroatoms. The Morgan fingerprint density at radius 2 is 1.73 bits per heavy atom. The zero-order valence-electron chi connectivity index (χ0n) is 12.9. The lowest BCUT2D eigenvalue weighted by molar-refractivity contribution is -0.120. The highest BCUT2D eigenvalue weighted by molar-refractivity contribution is 6.17. The summed E-state index contributed by atoms with van der Waals surface area (Å²) in [6.45, 7) is 5.22. The van der Waals surface area contributed by atoms with Crippen molar-refractivity contribution in [2.45, 2.75) is 26.4 Å². The molecule has 0 bridgehead atoms. The summed E-state index contributed by atoms with van der Waals surface area (Å²) in [5.74, 6) is -0.285. The number of fused-ring (bicyclic) bond motifs is 1. The van der Waals surface area contributed by atoms with Gasteiger partial charge in [0.15, 0.2) is 11.4 Å². The third-order valence-corrected chi connectivity index (χ3v) is 4.16. The van der Waals surface area contributed by atoms with E-state index in [2.05, 4.69) is 5.32 Å². The van der Waals surface area contributed by atoms with Crippen LogP contribution in [0.15, 0.2) is 48.5 Å². The molecule has 0 fully saturated rings. The van der Waals surface area contributed by atoms with Gasteiger partial charge in [0.2, 0.25) is 0 Å². The van der Waals surface area contributed by atoms with E-state index in [1.54, 1.807) is 13.0 Å². The average molecular weight is 294 g/mol. The summed E-state index contributed by atoms with van der Waals surface area (Å²) in [6.07, 6.45) is 0. The van der Waals surface area contributed by atoms with Gasteiger partial charge in [0.05, 0.1) is 5.56 Å². The molecule has 1 atom stereocenters. The van der Waals surface area contributed by atoms with Crippen LogP contribution in [0.3, 0.4) is 0 Å². The molecule has 0 saturated heterocycles. The molecule has 2 aromatic rings. The highest BCUT2D eigenvalue weighted by atomic mass is 16.2. The number of aryl methyl sites for hydroxylation is 1. The monoisotopic (exact) mass is 294 g/mol. The van der Waals surface area contributed by atoms with Gasteiger partial charge < -0.3 is 5.32 Å². The molecular weight excluding hydrogens is 276 g/mol. The number of nitrogens with one attached hydrogen (secondary N) is 1. The summed E-state index contributed by atoms with van der Waals surface area (Å²) in [5.41, 5.74) is 1.97. The Hall–Kier alpha value is -2.62. The molecule has 0 aromatic heterocycles. The number of hydrogen-bond acceptors (Lipinski definition) is 3. The molecule has 0 spiro atoms. The molecule has 0 saturated carbocycles. The van der Waals surface area contributed by atoms with E-state index in [-0.39, 0.29) is 11.7 Å². The highest BCUT2D eigenvalue weighted by Crippen LogP contribution is 2.35. The molecule has 0 aliphatic carbocycles. The van der Waals surface area contributed by atoms with Gasteiger partial charge in [-0.3, -0.25) is 14.5 Å². The predicted molar refractivity (Wildman–Crippen MR) is 87.1 cm³/mol. The fourth-order valence-electron chi connectivity index (χ4n) is 2.74. The Balaban J connectivity index is 2.19. The average Bonchev–Trinajstić information content (AvgIpc) is 2.49. The molecule has 0 radical (unpaired) electrons. The van der Waals surface area contributed by atoms with Crippen molar-refractivity contribution in [1.29, 1.82) is 0 Å². The molecule has 2 aromatic carbocycles. The standard InChI is InChI=1S/C18H18N2O2/c1-12-8-10-14(11-9-12)20-17(22)15-6-4-5-7-16(15)19-18(20,3)13(2)21/h4-11,19H,1-3H3. The van der Waals surface area contributed by atoms with Gasteiger partial charge >= 0.3 is 0 Å². The van der Waals surface area contributed by atoms with E-state index < -0.39 is 5.66 Å². The Bertz CT molecular complexity index is 752. The van der Waals surface area contributed by atoms with Crippen LogP contribution in [-0.4, -0.2) is 17.4 Å². The van der Waals surface area contributed by atoms with E-state index in [9.17, 15) is 9.59 Å². The van der Waals surface area contributed by atoms with E-state index in [1.165, 1.54) is 11.8 Å². The Kier molecular flexibility index (Phi) is 3.24. The third kappa shape index (κ3) is 2.08. The van der Waals surface area contributed by atoms with E-state index >= 15 is 0 Å². The number of carbonyl (C=O) groups excluding carboxylic acids is 2. The molecule has 4 nitrogen and oxygen atoms in total. The van der Waals surface area contributed by atoms with E-state index in [0.29, 0.717) is 16.9 Å². The van der Waals surface area contributed by atoms with Crippen LogP contribution in [-0.2, 0) is 4.79 Å². The van der Waals surface area contributed by atoms with Crippen molar-refractivity contribution in [3.8, 4) is 0 Å². The SMILES string of the molecule is CC(=O)C1(C)Nc2ccccc2C(=O)N1c1ccc(C)cc1. The lowest BCUT2D eigenvalue weighted by atomic mass is 9.96. The van der Waals surface area contributed by atoms with Crippen molar-refractivity contribution in [2.75, 3.05) is 10.2 Å². The second-order valence-corrected chi connectivity index (χ2v) is 5.78. The molecule has 1 amide bonds. The van der Waals surface area contributed by atoms with Gasteiger partial charge in [-0.1, -0.05) is 29.8 Å². The van der Waals surface area contributed by atoms with Crippen molar-refractivity contribution in [3.05, 3.63) is 59.7 Å². The summed E-state index contributed by atoms with van der Waals surface area (Å²) in [6, 6.07) is 14.9. The summed E-state index contributed by atoms with van der Waals surface area (Å²) >= 11 is 0. The van der Waals surface area contributed by atoms with Crippen LogP contribution in [0.1, 0.15) is 29.8 Å². The van der Waals surface area contributed by atoms with Gasteiger partial charge in [0.1, 0.15) is 0 Å². The minimum Gasteiger partial charge on any atom is -0.356 e. The molecule has 1 aliphatic heterocycles. The number of amides is 1. The first-order valence-corrected chi connectivity index (χ1v) is 7.23. The molecule has 3 rings (SSSR count). The molecule has 112 valence electrons. The molecular formula is C18H18N2O2. The lowest BCUT2D eigenvalue weighted by Crippen LogP contribution is -2.62. The van der Waals surface area contributed by atoms with Gasteiger partial charge in [0, 0.05) is 11.4 Å². The largest absolute Gasteiger partial charge is 0.356 e. The molecule has 22 heavy (non-hydrogen) atoms. The fraction of sp³-hybridized carbons (Fsp3) is 0.222. The van der Waals surface area contributed by atoms with E-state index in [4.69, 9.17) is 0 Å². The zero-order chi connectivity index (χ0) is 15.9. The van der Waals surface area contributed by atoms with Crippen LogP contribution in [0.2, 0.25) is 0 Å². The predicted octanol–water partition coefficient (Wildman–Crippen LogP) is 3.37. The number of rotatable bonds is 2. The normalized spacial score (nSPS) is 20.3. The maximum atomic E-state index is 13.0. The van der Waals surface area contributed by atoms with E-state index in [0.717, 1.165) is 5.56 Å². The summed E-state index contributed by atoms with van der Waals surface area (Å²) in [4.78, 5) is 26.8. The number of Topliss-reactive ketones (excluding diaryl/α,β-unsaturated/α-hetero) is 1. The molecule has 1 N–H and O–H groups in total. The molecule has 1 aliphatic rings. The topological polar surface area (TPSA) is 49.4 Å².